The molecule has 2 heterocycles. The van der Waals surface area contributed by atoms with Crippen LogP contribution in [0.5, 0.6) is 0 Å². The number of ether oxygens (including phenoxy) is 2. The molecule has 3 rings (SSSR count). The molecule has 1 saturated carbocycles. The van der Waals surface area contributed by atoms with Crippen molar-refractivity contribution in [3.63, 3.8) is 0 Å². The summed E-state index contributed by atoms with van der Waals surface area (Å²) in [5, 5.41) is 7.75. The number of aliphatic imine (C=N–C) groups is 1. The fraction of sp³-hybridized carbons (Fsp3) is 0.789. The molecule has 1 aromatic heterocycles. The van der Waals surface area contributed by atoms with Gasteiger partial charge < -0.3 is 19.7 Å². The van der Waals surface area contributed by atoms with E-state index in [4.69, 9.17) is 14.5 Å². The smallest absolute Gasteiger partial charge is 0.194 e. The molecule has 8 heteroatoms. The summed E-state index contributed by atoms with van der Waals surface area (Å²) < 4.78 is 13.1. The Balaban J connectivity index is 0.00000261. The predicted molar refractivity (Wildman–Crippen MR) is 118 cm³/mol. The second kappa shape index (κ2) is 10.6. The normalized spacial score (nSPS) is 22.1. The molecule has 1 unspecified atom stereocenters. The van der Waals surface area contributed by atoms with Crippen LogP contribution in [0.2, 0.25) is 0 Å². The minimum Gasteiger partial charge on any atom is -0.385 e. The van der Waals surface area contributed by atoms with E-state index < -0.39 is 0 Å². The lowest BCUT2D eigenvalue weighted by atomic mass is 9.67. The van der Waals surface area contributed by atoms with Crippen LogP contribution in [0.4, 0.5) is 0 Å². The van der Waals surface area contributed by atoms with Gasteiger partial charge in [-0.15, -0.1) is 24.0 Å². The zero-order chi connectivity index (χ0) is 18.4. The quantitative estimate of drug-likeness (QED) is 0.361. The number of nitrogens with one attached hydrogen (secondary N) is 1. The molecule has 0 aromatic carbocycles. The maximum atomic E-state index is 5.97. The third-order valence-corrected chi connectivity index (χ3v) is 5.61. The highest BCUT2D eigenvalue weighted by Crippen LogP contribution is 2.44. The number of hydrogen-bond donors (Lipinski definition) is 1. The zero-order valence-corrected chi connectivity index (χ0v) is 19.1. The Bertz CT molecular complexity index is 603. The van der Waals surface area contributed by atoms with Crippen LogP contribution in [-0.2, 0) is 16.5 Å². The van der Waals surface area contributed by atoms with Gasteiger partial charge in [-0.3, -0.25) is 9.67 Å². The number of rotatable bonds is 7. The first-order chi connectivity index (χ1) is 12.7. The summed E-state index contributed by atoms with van der Waals surface area (Å²) in [6.07, 6.45) is 8.93. The van der Waals surface area contributed by atoms with E-state index in [1.165, 1.54) is 19.3 Å². The molecular formula is C19H34IN5O2. The molecule has 7 nitrogen and oxygen atoms in total. The van der Waals surface area contributed by atoms with E-state index in [2.05, 4.69) is 22.2 Å². The monoisotopic (exact) mass is 491 g/mol. The van der Waals surface area contributed by atoms with Gasteiger partial charge in [0.2, 0.25) is 0 Å². The van der Waals surface area contributed by atoms with E-state index in [0.29, 0.717) is 12.0 Å². The summed E-state index contributed by atoms with van der Waals surface area (Å²) in [5.41, 5.74) is 1.47. The Kier molecular flexibility index (Phi) is 8.81. The molecular weight excluding hydrogens is 457 g/mol. The lowest BCUT2D eigenvalue weighted by Crippen LogP contribution is -2.48. The molecule has 0 spiro atoms. The Morgan fingerprint density at radius 2 is 2.30 bits per heavy atom. The molecule has 0 bridgehead atoms. The molecule has 2 aliphatic rings. The number of halogens is 1. The summed E-state index contributed by atoms with van der Waals surface area (Å²) in [4.78, 5) is 7.34. The third-order valence-electron chi connectivity index (χ3n) is 5.61. The standard InChI is InChI=1S/C19H33N5O2.HI/c1-4-20-18(21-15-19(6-5-7-19)8-10-25-3)24-9-11-26-17(14-24)16-12-22-23(2)13-16;/h12-13,17H,4-11,14-15H2,1-3H3,(H,20,21);1H. The summed E-state index contributed by atoms with van der Waals surface area (Å²) in [7, 11) is 3.72. The van der Waals surface area contributed by atoms with Gasteiger partial charge in [0.05, 0.1) is 19.3 Å². The number of morpholine rings is 1. The van der Waals surface area contributed by atoms with Gasteiger partial charge >= 0.3 is 0 Å². The second-order valence-corrected chi connectivity index (χ2v) is 7.52. The van der Waals surface area contributed by atoms with Crippen molar-refractivity contribution >= 4 is 29.9 Å². The largest absolute Gasteiger partial charge is 0.385 e. The van der Waals surface area contributed by atoms with Crippen LogP contribution >= 0.6 is 24.0 Å². The lowest BCUT2D eigenvalue weighted by molar-refractivity contribution is -0.00825. The maximum absolute atomic E-state index is 5.97. The summed E-state index contributed by atoms with van der Waals surface area (Å²) in [5.74, 6) is 1.01. The number of methoxy groups -OCH3 is 1. The van der Waals surface area contributed by atoms with Crippen molar-refractivity contribution < 1.29 is 9.47 Å². The van der Waals surface area contributed by atoms with Crippen LogP contribution in [0.1, 0.15) is 44.3 Å². The van der Waals surface area contributed by atoms with Gasteiger partial charge in [0, 0.05) is 52.2 Å². The number of aromatic nitrogens is 2. The maximum Gasteiger partial charge on any atom is 0.194 e. The number of aryl methyl sites for hydroxylation is 1. The highest BCUT2D eigenvalue weighted by molar-refractivity contribution is 14.0. The van der Waals surface area contributed by atoms with Crippen LogP contribution in [-0.4, -0.2) is 67.1 Å². The molecule has 154 valence electrons. The van der Waals surface area contributed by atoms with Gasteiger partial charge in [-0.1, -0.05) is 6.42 Å². The second-order valence-electron chi connectivity index (χ2n) is 7.52. The van der Waals surface area contributed by atoms with Gasteiger partial charge in [-0.05, 0) is 31.6 Å². The Hall–Kier alpha value is -0.870. The minimum atomic E-state index is 0. The molecule has 1 aliphatic carbocycles. The van der Waals surface area contributed by atoms with Gasteiger partial charge in [-0.25, -0.2) is 0 Å². The van der Waals surface area contributed by atoms with Crippen molar-refractivity contribution in [3.05, 3.63) is 18.0 Å². The Morgan fingerprint density at radius 1 is 1.48 bits per heavy atom. The van der Waals surface area contributed by atoms with Crippen molar-refractivity contribution in [2.75, 3.05) is 46.5 Å². The van der Waals surface area contributed by atoms with E-state index in [-0.39, 0.29) is 30.1 Å². The molecule has 1 aliphatic heterocycles. The molecule has 27 heavy (non-hydrogen) atoms. The van der Waals surface area contributed by atoms with Crippen molar-refractivity contribution in [2.45, 2.75) is 38.7 Å². The molecule has 1 aromatic rings. The summed E-state index contributed by atoms with van der Waals surface area (Å²) >= 11 is 0. The van der Waals surface area contributed by atoms with Gasteiger partial charge in [0.25, 0.3) is 0 Å². The van der Waals surface area contributed by atoms with Crippen molar-refractivity contribution in [1.82, 2.24) is 20.0 Å². The van der Waals surface area contributed by atoms with Crippen LogP contribution in [0.3, 0.4) is 0 Å². The Labute approximate surface area is 179 Å². The van der Waals surface area contributed by atoms with E-state index in [9.17, 15) is 0 Å². The fourth-order valence-corrected chi connectivity index (χ4v) is 3.80. The minimum absolute atomic E-state index is 0. The van der Waals surface area contributed by atoms with Crippen LogP contribution in [0, 0.1) is 5.41 Å². The lowest BCUT2D eigenvalue weighted by Gasteiger charge is -2.41. The van der Waals surface area contributed by atoms with Crippen LogP contribution in [0.25, 0.3) is 0 Å². The van der Waals surface area contributed by atoms with Crippen molar-refractivity contribution in [1.29, 1.82) is 0 Å². The number of guanidine groups is 1. The SMILES string of the molecule is CCNC(=NCC1(CCOC)CCC1)N1CCOC(c2cnn(C)c2)C1.I. The molecule has 1 atom stereocenters. The van der Waals surface area contributed by atoms with E-state index in [1.807, 2.05) is 24.1 Å². The average molecular weight is 491 g/mol. The predicted octanol–water partition coefficient (Wildman–Crippen LogP) is 2.58. The molecule has 2 fully saturated rings. The molecule has 0 amide bonds. The van der Waals surface area contributed by atoms with E-state index in [1.54, 1.807) is 7.11 Å². The third kappa shape index (κ3) is 5.80. The van der Waals surface area contributed by atoms with Gasteiger partial charge in [-0.2, -0.15) is 5.10 Å². The van der Waals surface area contributed by atoms with Crippen molar-refractivity contribution in [2.24, 2.45) is 17.5 Å². The highest BCUT2D eigenvalue weighted by Gasteiger charge is 2.36. The summed E-state index contributed by atoms with van der Waals surface area (Å²) in [6.45, 7) is 7.09. The van der Waals surface area contributed by atoms with Crippen LogP contribution < -0.4 is 5.32 Å². The number of hydrogen-bond acceptors (Lipinski definition) is 4. The number of nitrogens with zero attached hydrogens (tertiary/aromatic N) is 4. The van der Waals surface area contributed by atoms with Crippen LogP contribution in [0.15, 0.2) is 17.4 Å². The molecule has 1 saturated heterocycles. The van der Waals surface area contributed by atoms with Crippen molar-refractivity contribution in [3.8, 4) is 0 Å². The Morgan fingerprint density at radius 3 is 2.89 bits per heavy atom. The van der Waals surface area contributed by atoms with E-state index in [0.717, 1.165) is 50.7 Å². The first kappa shape index (κ1) is 22.4. The van der Waals surface area contributed by atoms with Gasteiger partial charge in [0.1, 0.15) is 6.10 Å². The topological polar surface area (TPSA) is 63.9 Å². The zero-order valence-electron chi connectivity index (χ0n) is 16.8. The van der Waals surface area contributed by atoms with Gasteiger partial charge in [0.15, 0.2) is 5.96 Å². The first-order valence-corrected chi connectivity index (χ1v) is 9.78. The molecule has 1 N–H and O–H groups in total. The van der Waals surface area contributed by atoms with E-state index >= 15 is 0 Å². The fourth-order valence-electron chi connectivity index (χ4n) is 3.80. The average Bonchev–Trinajstić information content (AvgIpc) is 3.06. The molecule has 0 radical (unpaired) electrons. The first-order valence-electron chi connectivity index (χ1n) is 9.78. The highest BCUT2D eigenvalue weighted by atomic mass is 127. The summed E-state index contributed by atoms with van der Waals surface area (Å²) in [6, 6.07) is 0.